The lowest BCUT2D eigenvalue weighted by molar-refractivity contribution is -0.120. The van der Waals surface area contributed by atoms with Gasteiger partial charge in [-0.3, -0.25) is 4.79 Å². The highest BCUT2D eigenvalue weighted by atomic mass is 16.6. The maximum Gasteiger partial charge on any atom is 0.409 e. The molecule has 19 heavy (non-hydrogen) atoms. The smallest absolute Gasteiger partial charge is 0.409 e. The summed E-state index contributed by atoms with van der Waals surface area (Å²) < 4.78 is 4.95. The van der Waals surface area contributed by atoms with Crippen LogP contribution in [0.2, 0.25) is 0 Å². The Morgan fingerprint density at radius 1 is 1.42 bits per heavy atom. The third kappa shape index (κ3) is 5.74. The van der Waals surface area contributed by atoms with Crippen LogP contribution in [-0.4, -0.2) is 55.7 Å². The monoisotopic (exact) mass is 269 g/mol. The number of nitrogens with one attached hydrogen (secondary N) is 2. The first kappa shape index (κ1) is 15.5. The zero-order chi connectivity index (χ0) is 14.1. The summed E-state index contributed by atoms with van der Waals surface area (Å²) in [7, 11) is 0. The number of ether oxygens (including phenoxy) is 1. The van der Waals surface area contributed by atoms with Crippen molar-refractivity contribution in [1.82, 2.24) is 15.5 Å². The van der Waals surface area contributed by atoms with E-state index < -0.39 is 0 Å². The molecule has 6 nitrogen and oxygen atoms in total. The molecule has 0 saturated carbocycles. The van der Waals surface area contributed by atoms with Crippen molar-refractivity contribution >= 4 is 12.0 Å². The summed E-state index contributed by atoms with van der Waals surface area (Å²) in [5, 5.41) is 5.91. The second-order valence-corrected chi connectivity index (χ2v) is 4.43. The van der Waals surface area contributed by atoms with Crippen LogP contribution in [-0.2, 0) is 9.53 Å². The third-order valence-electron chi connectivity index (χ3n) is 3.02. The summed E-state index contributed by atoms with van der Waals surface area (Å²) in [5.74, 6) is -0.0345. The Bertz CT molecular complexity index is 312. The van der Waals surface area contributed by atoms with Crippen LogP contribution in [0.1, 0.15) is 19.8 Å². The predicted molar refractivity (Wildman–Crippen MR) is 72.8 cm³/mol. The van der Waals surface area contributed by atoms with Gasteiger partial charge in [-0.15, -0.1) is 6.58 Å². The molecule has 1 aliphatic heterocycles. The lowest BCUT2D eigenvalue weighted by atomic mass is 10.1. The molecule has 0 unspecified atom stereocenters. The molecule has 0 aromatic rings. The van der Waals surface area contributed by atoms with Gasteiger partial charge in [0.1, 0.15) is 0 Å². The van der Waals surface area contributed by atoms with Crippen LogP contribution >= 0.6 is 0 Å². The average molecular weight is 269 g/mol. The number of likely N-dealkylation sites (tertiary alicyclic amines) is 1. The molecule has 2 amide bonds. The van der Waals surface area contributed by atoms with E-state index in [9.17, 15) is 9.59 Å². The molecule has 0 atom stereocenters. The topological polar surface area (TPSA) is 70.7 Å². The van der Waals surface area contributed by atoms with E-state index in [0.717, 1.165) is 12.8 Å². The van der Waals surface area contributed by atoms with Gasteiger partial charge < -0.3 is 20.3 Å². The quantitative estimate of drug-likeness (QED) is 0.689. The molecule has 1 heterocycles. The molecule has 108 valence electrons. The van der Waals surface area contributed by atoms with E-state index in [1.807, 2.05) is 0 Å². The number of amides is 2. The average Bonchev–Trinajstić information content (AvgIpc) is 2.43. The number of piperidine rings is 1. The molecule has 0 radical (unpaired) electrons. The fourth-order valence-corrected chi connectivity index (χ4v) is 1.97. The minimum absolute atomic E-state index is 0.0345. The summed E-state index contributed by atoms with van der Waals surface area (Å²) in [6.45, 7) is 7.88. The number of hydrogen-bond donors (Lipinski definition) is 2. The molecule has 0 aliphatic carbocycles. The molecule has 0 aromatic heterocycles. The molecule has 1 rings (SSSR count). The Balaban J connectivity index is 2.17. The zero-order valence-electron chi connectivity index (χ0n) is 11.5. The van der Waals surface area contributed by atoms with Crippen LogP contribution < -0.4 is 10.6 Å². The minimum atomic E-state index is -0.246. The van der Waals surface area contributed by atoms with Crippen LogP contribution in [0, 0.1) is 0 Å². The van der Waals surface area contributed by atoms with Crippen LogP contribution in [0.5, 0.6) is 0 Å². The number of carbonyl (C=O) groups excluding carboxylic acids is 2. The number of hydrogen-bond acceptors (Lipinski definition) is 4. The van der Waals surface area contributed by atoms with Crippen LogP contribution in [0.25, 0.3) is 0 Å². The van der Waals surface area contributed by atoms with Gasteiger partial charge in [-0.05, 0) is 19.8 Å². The Hall–Kier alpha value is -1.56. The van der Waals surface area contributed by atoms with Crippen molar-refractivity contribution in [2.45, 2.75) is 25.8 Å². The first-order chi connectivity index (χ1) is 9.17. The highest BCUT2D eigenvalue weighted by Gasteiger charge is 2.23. The highest BCUT2D eigenvalue weighted by Crippen LogP contribution is 2.11. The van der Waals surface area contributed by atoms with Crippen LogP contribution in [0.3, 0.4) is 0 Å². The van der Waals surface area contributed by atoms with Crippen molar-refractivity contribution < 1.29 is 14.3 Å². The van der Waals surface area contributed by atoms with Gasteiger partial charge in [0.15, 0.2) is 0 Å². The molecule has 6 heteroatoms. The van der Waals surface area contributed by atoms with Crippen LogP contribution in [0.4, 0.5) is 4.79 Å². The second-order valence-electron chi connectivity index (χ2n) is 4.43. The lowest BCUT2D eigenvalue weighted by Gasteiger charge is -2.31. The largest absolute Gasteiger partial charge is 0.450 e. The van der Waals surface area contributed by atoms with Gasteiger partial charge in [-0.2, -0.15) is 0 Å². The Labute approximate surface area is 114 Å². The highest BCUT2D eigenvalue weighted by molar-refractivity contribution is 5.78. The van der Waals surface area contributed by atoms with E-state index in [1.165, 1.54) is 0 Å². The molecule has 1 aliphatic rings. The fraction of sp³-hybridized carbons (Fsp3) is 0.692. The fourth-order valence-electron chi connectivity index (χ4n) is 1.97. The van der Waals surface area contributed by atoms with Gasteiger partial charge in [0.05, 0.1) is 13.2 Å². The Kier molecular flexibility index (Phi) is 6.95. The molecule has 0 bridgehead atoms. The van der Waals surface area contributed by atoms with Crippen molar-refractivity contribution in [2.75, 3.05) is 32.8 Å². The number of rotatable bonds is 6. The number of nitrogens with zero attached hydrogens (tertiary/aromatic N) is 1. The van der Waals surface area contributed by atoms with Gasteiger partial charge in [0.2, 0.25) is 5.91 Å². The summed E-state index contributed by atoms with van der Waals surface area (Å²) in [5.41, 5.74) is 0. The van der Waals surface area contributed by atoms with Crippen molar-refractivity contribution in [3.05, 3.63) is 12.7 Å². The van der Waals surface area contributed by atoms with Gasteiger partial charge >= 0.3 is 6.09 Å². The summed E-state index contributed by atoms with van der Waals surface area (Å²) >= 11 is 0. The van der Waals surface area contributed by atoms with Crippen molar-refractivity contribution in [2.24, 2.45) is 0 Å². The molecular weight excluding hydrogens is 246 g/mol. The van der Waals surface area contributed by atoms with E-state index in [4.69, 9.17) is 4.74 Å². The molecule has 0 aromatic carbocycles. The molecule has 2 N–H and O–H groups in total. The Morgan fingerprint density at radius 2 is 2.11 bits per heavy atom. The van der Waals surface area contributed by atoms with Crippen molar-refractivity contribution in [1.29, 1.82) is 0 Å². The molecule has 1 fully saturated rings. The predicted octanol–water partition coefficient (Wildman–Crippen LogP) is 0.499. The first-order valence-corrected chi connectivity index (χ1v) is 6.70. The lowest BCUT2D eigenvalue weighted by Crippen LogP contribution is -2.47. The summed E-state index contributed by atoms with van der Waals surface area (Å²) in [4.78, 5) is 24.6. The van der Waals surface area contributed by atoms with E-state index in [-0.39, 0.29) is 18.0 Å². The zero-order valence-corrected chi connectivity index (χ0v) is 11.5. The molecule has 1 saturated heterocycles. The maximum atomic E-state index is 11.5. The third-order valence-corrected chi connectivity index (χ3v) is 3.02. The summed E-state index contributed by atoms with van der Waals surface area (Å²) in [6, 6.07) is 0.278. The molecular formula is C13H23N3O3. The standard InChI is InChI=1S/C13H23N3O3/c1-3-7-14-12(17)10-15-11-5-8-16(9-6-11)13(18)19-4-2/h3,11,15H,1,4-10H2,2H3,(H,14,17). The SMILES string of the molecule is C=CCNC(=O)CNC1CCN(C(=O)OCC)CC1. The normalized spacial score (nSPS) is 15.9. The van der Waals surface area contributed by atoms with Gasteiger partial charge in [-0.25, -0.2) is 4.79 Å². The second kappa shape index (κ2) is 8.53. The maximum absolute atomic E-state index is 11.5. The van der Waals surface area contributed by atoms with E-state index >= 15 is 0 Å². The van der Waals surface area contributed by atoms with Crippen LogP contribution in [0.15, 0.2) is 12.7 Å². The first-order valence-electron chi connectivity index (χ1n) is 6.70. The van der Waals surface area contributed by atoms with Crippen molar-refractivity contribution in [3.8, 4) is 0 Å². The van der Waals surface area contributed by atoms with Gasteiger partial charge in [-0.1, -0.05) is 6.08 Å². The minimum Gasteiger partial charge on any atom is -0.450 e. The van der Waals surface area contributed by atoms with Gasteiger partial charge in [0, 0.05) is 25.7 Å². The van der Waals surface area contributed by atoms with Crippen molar-refractivity contribution in [3.63, 3.8) is 0 Å². The summed E-state index contributed by atoms with van der Waals surface area (Å²) in [6.07, 6.45) is 3.08. The van der Waals surface area contributed by atoms with E-state index in [2.05, 4.69) is 17.2 Å². The Morgan fingerprint density at radius 3 is 2.68 bits per heavy atom. The molecule has 0 spiro atoms. The van der Waals surface area contributed by atoms with E-state index in [0.29, 0.717) is 32.8 Å². The van der Waals surface area contributed by atoms with Gasteiger partial charge in [0.25, 0.3) is 0 Å². The number of carbonyl (C=O) groups is 2. The van der Waals surface area contributed by atoms with E-state index in [1.54, 1.807) is 17.9 Å².